The van der Waals surface area contributed by atoms with Gasteiger partial charge in [0.2, 0.25) is 0 Å². The Balaban J connectivity index is 2.77. The fourth-order valence-corrected chi connectivity index (χ4v) is 10.2. The Labute approximate surface area is 350 Å². The van der Waals surface area contributed by atoms with E-state index in [0.29, 0.717) is 12.8 Å². The van der Waals surface area contributed by atoms with Gasteiger partial charge in [0.25, 0.3) is 0 Å². The topological polar surface area (TPSA) is 77.8 Å². The van der Waals surface area contributed by atoms with Crippen LogP contribution in [0.2, 0.25) is 0 Å². The molecule has 1 aromatic rings. The highest BCUT2D eigenvalue weighted by molar-refractivity contribution is 7.53. The molecule has 0 spiro atoms. The molecule has 0 aliphatic heterocycles. The minimum atomic E-state index is -4.55. The molecule has 1 aromatic carbocycles. The highest BCUT2D eigenvalue weighted by Crippen LogP contribution is 2.63. The fraction of sp³-hybridized carbons (Fsp3) is 0.882. The van der Waals surface area contributed by atoms with E-state index in [4.69, 9.17) is 0 Å². The number of hydrogen-bond acceptors (Lipinski definition) is 2. The van der Waals surface area contributed by atoms with Crippen molar-refractivity contribution < 1.29 is 19.5 Å². The van der Waals surface area contributed by atoms with Crippen molar-refractivity contribution in [2.24, 2.45) is 0 Å². The van der Waals surface area contributed by atoms with Crippen LogP contribution in [0.25, 0.3) is 0 Å². The third-order valence-electron chi connectivity index (χ3n) is 12.7. The minimum Gasteiger partial charge on any atom is -0.507 e. The molecule has 0 radical (unpaired) electrons. The first-order chi connectivity index (χ1) is 26.6. The van der Waals surface area contributed by atoms with Gasteiger partial charge in [0.15, 0.2) is 0 Å². The molecule has 0 unspecified atom stereocenters. The molecule has 5 heteroatoms. The SMILES string of the molecule is CCCCCCCCCCCCCCCCCCC(CCCCCCCCCCCCCCCCCC)(c1cc(C(C)(C)C)c(O)c(C(C)(C)C)c1)P(=O)(O)O. The average molecular weight is 805 g/mol. The van der Waals surface area contributed by atoms with Gasteiger partial charge < -0.3 is 14.9 Å². The van der Waals surface area contributed by atoms with Crippen molar-refractivity contribution in [1.29, 1.82) is 0 Å². The summed E-state index contributed by atoms with van der Waals surface area (Å²) in [5.41, 5.74) is 1.60. The normalized spacial score (nSPS) is 12.9. The number of phenols is 1. The van der Waals surface area contributed by atoms with Crippen LogP contribution in [0, 0.1) is 0 Å². The molecule has 0 aromatic heterocycles. The van der Waals surface area contributed by atoms with Crippen molar-refractivity contribution >= 4 is 7.60 Å². The monoisotopic (exact) mass is 805 g/mol. The summed E-state index contributed by atoms with van der Waals surface area (Å²) < 4.78 is 13.9. The summed E-state index contributed by atoms with van der Waals surface area (Å²) in [4.78, 5) is 22.7. The van der Waals surface area contributed by atoms with Crippen LogP contribution in [0.1, 0.15) is 290 Å². The lowest BCUT2D eigenvalue weighted by atomic mass is 9.75. The van der Waals surface area contributed by atoms with Gasteiger partial charge in [-0.3, -0.25) is 4.57 Å². The van der Waals surface area contributed by atoms with Crippen LogP contribution in [-0.2, 0) is 20.6 Å². The molecule has 0 bridgehead atoms. The van der Waals surface area contributed by atoms with E-state index >= 15 is 0 Å². The van der Waals surface area contributed by atoms with E-state index in [1.165, 1.54) is 167 Å². The van der Waals surface area contributed by atoms with Crippen LogP contribution < -0.4 is 0 Å². The molecule has 0 fully saturated rings. The largest absolute Gasteiger partial charge is 0.507 e. The van der Waals surface area contributed by atoms with E-state index in [2.05, 4.69) is 55.4 Å². The maximum atomic E-state index is 13.9. The fourth-order valence-electron chi connectivity index (χ4n) is 8.85. The standard InChI is InChI=1S/C51H97O4P/c1-9-11-13-15-17-19-21-23-25-27-29-31-33-35-37-39-41-51(56(53,54)55,45-43-46(49(3,4)5)48(52)47(44-45)50(6,7)8)42-40-38-36-34-32-30-28-26-24-22-20-18-16-14-12-10-2/h43-44,52H,9-42H2,1-8H3,(H2,53,54,55). The van der Waals surface area contributed by atoms with E-state index in [0.717, 1.165) is 55.2 Å². The van der Waals surface area contributed by atoms with Crippen LogP contribution in [0.3, 0.4) is 0 Å². The lowest BCUT2D eigenvalue weighted by molar-refractivity contribution is 0.296. The van der Waals surface area contributed by atoms with Crippen LogP contribution in [-0.4, -0.2) is 14.9 Å². The van der Waals surface area contributed by atoms with Gasteiger partial charge in [0.05, 0.1) is 5.16 Å². The van der Waals surface area contributed by atoms with Gasteiger partial charge in [0, 0.05) is 0 Å². The number of benzene rings is 1. The Bertz CT molecular complexity index is 1070. The van der Waals surface area contributed by atoms with Crippen LogP contribution in [0.5, 0.6) is 5.75 Å². The highest BCUT2D eigenvalue weighted by Gasteiger charge is 2.48. The molecule has 4 nitrogen and oxygen atoms in total. The van der Waals surface area contributed by atoms with Crippen LogP contribution >= 0.6 is 7.60 Å². The molecule has 0 aliphatic rings. The molecule has 0 saturated carbocycles. The van der Waals surface area contributed by atoms with Gasteiger partial charge in [0.1, 0.15) is 5.75 Å². The first kappa shape index (κ1) is 53.2. The predicted octanol–water partition coefficient (Wildman–Crippen LogP) is 17.7. The van der Waals surface area contributed by atoms with Gasteiger partial charge in [-0.1, -0.05) is 273 Å². The first-order valence-electron chi connectivity index (χ1n) is 24.6. The molecule has 0 amide bonds. The summed E-state index contributed by atoms with van der Waals surface area (Å²) in [6.07, 6.45) is 42.1. The highest BCUT2D eigenvalue weighted by atomic mass is 31.2. The third-order valence-corrected chi connectivity index (χ3v) is 14.5. The van der Waals surface area contributed by atoms with E-state index in [-0.39, 0.29) is 16.6 Å². The molecule has 0 aliphatic carbocycles. The summed E-state index contributed by atoms with van der Waals surface area (Å²) in [5, 5.41) is 10.3. The Kier molecular flexibility index (Phi) is 28.7. The molecule has 3 N–H and O–H groups in total. The number of aromatic hydroxyl groups is 1. The van der Waals surface area contributed by atoms with Gasteiger partial charge in [-0.25, -0.2) is 0 Å². The molecular formula is C51H97O4P. The molecule has 330 valence electrons. The molecule has 1 rings (SSSR count). The maximum Gasteiger partial charge on any atom is 0.335 e. The summed E-state index contributed by atoms with van der Waals surface area (Å²) in [5.74, 6) is 0.276. The van der Waals surface area contributed by atoms with Crippen LogP contribution in [0.4, 0.5) is 0 Å². The average Bonchev–Trinajstić information content (AvgIpc) is 3.12. The Hall–Kier alpha value is -0.830. The van der Waals surface area contributed by atoms with Gasteiger partial charge in [-0.05, 0) is 40.4 Å². The Morgan fingerprint density at radius 1 is 0.411 bits per heavy atom. The van der Waals surface area contributed by atoms with Gasteiger partial charge >= 0.3 is 7.60 Å². The zero-order valence-corrected chi connectivity index (χ0v) is 39.8. The van der Waals surface area contributed by atoms with E-state index in [9.17, 15) is 19.5 Å². The second-order valence-electron chi connectivity index (χ2n) is 20.1. The molecule has 0 saturated heterocycles. The summed E-state index contributed by atoms with van der Waals surface area (Å²) in [7, 11) is -4.55. The van der Waals surface area contributed by atoms with Crippen molar-refractivity contribution in [3.05, 3.63) is 28.8 Å². The van der Waals surface area contributed by atoms with E-state index in [1.54, 1.807) is 0 Å². The molecule has 0 heterocycles. The van der Waals surface area contributed by atoms with Crippen molar-refractivity contribution in [1.82, 2.24) is 0 Å². The number of phenolic OH excluding ortho intramolecular Hbond substituents is 1. The summed E-state index contributed by atoms with van der Waals surface area (Å²) in [6.45, 7) is 17.1. The van der Waals surface area contributed by atoms with E-state index < -0.39 is 12.8 Å². The van der Waals surface area contributed by atoms with Crippen molar-refractivity contribution in [2.45, 2.75) is 290 Å². The quantitative estimate of drug-likeness (QED) is 0.0466. The second kappa shape index (κ2) is 30.2. The zero-order chi connectivity index (χ0) is 41.8. The van der Waals surface area contributed by atoms with Gasteiger partial charge in [-0.2, -0.15) is 0 Å². The summed E-state index contributed by atoms with van der Waals surface area (Å²) >= 11 is 0. The third kappa shape index (κ3) is 22.5. The lowest BCUT2D eigenvalue weighted by Gasteiger charge is -2.38. The minimum absolute atomic E-state index is 0.276. The van der Waals surface area contributed by atoms with Crippen molar-refractivity contribution in [3.8, 4) is 5.75 Å². The number of rotatable bonds is 36. The molecular weight excluding hydrogens is 708 g/mol. The predicted molar refractivity (Wildman–Crippen MR) is 248 cm³/mol. The molecule has 0 atom stereocenters. The summed E-state index contributed by atoms with van der Waals surface area (Å²) in [6, 6.07) is 3.92. The second-order valence-corrected chi connectivity index (χ2v) is 22.0. The molecule has 56 heavy (non-hydrogen) atoms. The number of hydrogen-bond donors (Lipinski definition) is 3. The van der Waals surface area contributed by atoms with Crippen LogP contribution in [0.15, 0.2) is 12.1 Å². The van der Waals surface area contributed by atoms with Crippen molar-refractivity contribution in [3.63, 3.8) is 0 Å². The van der Waals surface area contributed by atoms with Gasteiger partial charge in [-0.15, -0.1) is 0 Å². The first-order valence-corrected chi connectivity index (χ1v) is 26.2. The van der Waals surface area contributed by atoms with E-state index in [1.807, 2.05) is 12.1 Å². The smallest absolute Gasteiger partial charge is 0.335 e. The zero-order valence-electron chi connectivity index (χ0n) is 38.9. The lowest BCUT2D eigenvalue weighted by Crippen LogP contribution is -2.29. The maximum absolute atomic E-state index is 13.9. The van der Waals surface area contributed by atoms with Crippen molar-refractivity contribution in [2.75, 3.05) is 0 Å². The Morgan fingerprint density at radius 2 is 0.625 bits per heavy atom. The number of unbranched alkanes of at least 4 members (excludes halogenated alkanes) is 30. The Morgan fingerprint density at radius 3 is 0.821 bits per heavy atom.